The maximum absolute atomic E-state index is 12.7. The zero-order valence-electron chi connectivity index (χ0n) is 24.4. The SMILES string of the molecule is Cc1cccc(-c2nccc(Nc3ccnc(Nc4ccc(N5CCNCC5CC(=O)OC5CCN(C)C5)cc4)n3)n2)n1. The largest absolute Gasteiger partial charge is 0.461 e. The first-order chi connectivity index (χ1) is 21.0. The van der Waals surface area contributed by atoms with Crippen molar-refractivity contribution in [2.45, 2.75) is 31.9 Å². The molecule has 0 spiro atoms. The van der Waals surface area contributed by atoms with Crippen LogP contribution < -0.4 is 20.9 Å². The second-order valence-electron chi connectivity index (χ2n) is 10.9. The molecular formula is C31H36N10O2. The van der Waals surface area contributed by atoms with Crippen molar-refractivity contribution >= 4 is 34.9 Å². The predicted octanol–water partition coefficient (Wildman–Crippen LogP) is 3.54. The minimum Gasteiger partial charge on any atom is -0.461 e. The molecule has 0 saturated carbocycles. The first kappa shape index (κ1) is 28.4. The van der Waals surface area contributed by atoms with E-state index in [0.29, 0.717) is 35.5 Å². The lowest BCUT2D eigenvalue weighted by Crippen LogP contribution is -2.52. The van der Waals surface area contributed by atoms with Gasteiger partial charge < -0.3 is 30.5 Å². The zero-order chi connectivity index (χ0) is 29.6. The molecule has 2 fully saturated rings. The molecule has 12 nitrogen and oxygen atoms in total. The second-order valence-corrected chi connectivity index (χ2v) is 10.9. The van der Waals surface area contributed by atoms with Crippen molar-refractivity contribution in [3.05, 3.63) is 72.7 Å². The average Bonchev–Trinajstić information content (AvgIpc) is 3.42. The number of carbonyl (C=O) groups excluding carboxylic acids is 1. The smallest absolute Gasteiger partial charge is 0.308 e. The highest BCUT2D eigenvalue weighted by Gasteiger charge is 2.28. The summed E-state index contributed by atoms with van der Waals surface area (Å²) >= 11 is 0. The van der Waals surface area contributed by atoms with E-state index >= 15 is 0 Å². The molecule has 6 rings (SSSR count). The van der Waals surface area contributed by atoms with Crippen LogP contribution >= 0.6 is 0 Å². The van der Waals surface area contributed by atoms with Gasteiger partial charge in [-0.15, -0.1) is 0 Å². The van der Waals surface area contributed by atoms with E-state index in [1.54, 1.807) is 24.5 Å². The number of benzene rings is 1. The van der Waals surface area contributed by atoms with E-state index < -0.39 is 0 Å². The maximum atomic E-state index is 12.7. The molecule has 3 aromatic heterocycles. The molecule has 2 unspecified atom stereocenters. The molecule has 2 atom stereocenters. The fourth-order valence-corrected chi connectivity index (χ4v) is 5.40. The lowest BCUT2D eigenvalue weighted by Gasteiger charge is -2.37. The number of carbonyl (C=O) groups is 1. The van der Waals surface area contributed by atoms with Gasteiger partial charge in [0.2, 0.25) is 5.95 Å². The number of aromatic nitrogens is 5. The van der Waals surface area contributed by atoms with Gasteiger partial charge in [-0.2, -0.15) is 4.98 Å². The number of nitrogens with zero attached hydrogens (tertiary/aromatic N) is 7. The Kier molecular flexibility index (Phi) is 8.66. The average molecular weight is 581 g/mol. The predicted molar refractivity (Wildman–Crippen MR) is 166 cm³/mol. The van der Waals surface area contributed by atoms with E-state index in [9.17, 15) is 4.79 Å². The molecule has 2 aliphatic rings. The normalized spacial score (nSPS) is 18.8. The van der Waals surface area contributed by atoms with Crippen LogP contribution in [0, 0.1) is 6.92 Å². The fraction of sp³-hybridized carbons (Fsp3) is 0.355. The number of hydrogen-bond donors (Lipinski definition) is 3. The first-order valence-corrected chi connectivity index (χ1v) is 14.6. The summed E-state index contributed by atoms with van der Waals surface area (Å²) in [6.07, 6.45) is 4.63. The van der Waals surface area contributed by atoms with Gasteiger partial charge in [-0.1, -0.05) is 6.07 Å². The van der Waals surface area contributed by atoms with Gasteiger partial charge in [0.15, 0.2) is 5.82 Å². The summed E-state index contributed by atoms with van der Waals surface area (Å²) in [5, 5.41) is 9.92. The van der Waals surface area contributed by atoms with Crippen molar-refractivity contribution < 1.29 is 9.53 Å². The van der Waals surface area contributed by atoms with Crippen LogP contribution in [0.4, 0.5) is 29.0 Å². The highest BCUT2D eigenvalue weighted by molar-refractivity contribution is 5.72. The standard InChI is InChI=1S/C31H36N10O2/c1-21-4-3-5-26(35-21)30-33-13-10-27(38-30)37-28-11-14-34-31(39-28)36-22-6-8-23(9-7-22)41-17-15-32-19-24(41)18-29(42)43-25-12-16-40(2)20-25/h3-11,13-14,24-25,32H,12,15-20H2,1-2H3,(H2,33,34,36,37,38,39). The number of hydrogen-bond acceptors (Lipinski definition) is 12. The van der Waals surface area contributed by atoms with E-state index in [1.165, 1.54) is 0 Å². The first-order valence-electron chi connectivity index (χ1n) is 14.6. The molecule has 0 amide bonds. The van der Waals surface area contributed by atoms with Crippen molar-refractivity contribution in [3.63, 3.8) is 0 Å². The Morgan fingerprint density at radius 2 is 1.79 bits per heavy atom. The third-order valence-electron chi connectivity index (χ3n) is 7.54. The van der Waals surface area contributed by atoms with Gasteiger partial charge in [0, 0.05) is 62.2 Å². The number of aryl methyl sites for hydroxylation is 1. The number of rotatable bonds is 9. The van der Waals surface area contributed by atoms with Gasteiger partial charge in [-0.05, 0) is 68.9 Å². The van der Waals surface area contributed by atoms with Crippen LogP contribution in [-0.2, 0) is 9.53 Å². The highest BCUT2D eigenvalue weighted by atomic mass is 16.5. The highest BCUT2D eigenvalue weighted by Crippen LogP contribution is 2.25. The Hall–Kier alpha value is -4.68. The number of anilines is 5. The molecule has 12 heteroatoms. The molecule has 43 heavy (non-hydrogen) atoms. The summed E-state index contributed by atoms with van der Waals surface area (Å²) in [6.45, 7) is 6.13. The van der Waals surface area contributed by atoms with Crippen molar-refractivity contribution in [2.75, 3.05) is 55.3 Å². The summed E-state index contributed by atoms with van der Waals surface area (Å²) in [5.41, 5.74) is 3.53. The molecule has 0 radical (unpaired) electrons. The Bertz CT molecular complexity index is 1550. The van der Waals surface area contributed by atoms with Crippen molar-refractivity contribution in [3.8, 4) is 11.5 Å². The van der Waals surface area contributed by atoms with Crippen LogP contribution in [0.5, 0.6) is 0 Å². The summed E-state index contributed by atoms with van der Waals surface area (Å²) in [6, 6.07) is 17.5. The van der Waals surface area contributed by atoms with Crippen LogP contribution in [0.1, 0.15) is 18.5 Å². The molecule has 2 aliphatic heterocycles. The zero-order valence-corrected chi connectivity index (χ0v) is 24.4. The molecule has 5 heterocycles. The lowest BCUT2D eigenvalue weighted by atomic mass is 10.1. The van der Waals surface area contributed by atoms with Gasteiger partial charge in [-0.3, -0.25) is 4.79 Å². The number of likely N-dealkylation sites (tertiary alicyclic amines) is 1. The molecule has 4 aromatic rings. The van der Waals surface area contributed by atoms with E-state index in [2.05, 4.69) is 69.9 Å². The molecule has 3 N–H and O–H groups in total. The van der Waals surface area contributed by atoms with Gasteiger partial charge in [0.05, 0.1) is 12.5 Å². The molecule has 2 saturated heterocycles. The van der Waals surface area contributed by atoms with E-state index in [1.807, 2.05) is 37.3 Å². The number of esters is 1. The molecule has 0 aliphatic carbocycles. The number of pyridine rings is 1. The Balaban J connectivity index is 1.08. The minimum absolute atomic E-state index is 0.00173. The third-order valence-corrected chi connectivity index (χ3v) is 7.54. The number of nitrogens with one attached hydrogen (secondary N) is 3. The number of piperazine rings is 1. The van der Waals surface area contributed by atoms with E-state index in [0.717, 1.165) is 56.2 Å². The monoisotopic (exact) mass is 580 g/mol. The summed E-state index contributed by atoms with van der Waals surface area (Å²) in [4.78, 5) is 39.6. The minimum atomic E-state index is -0.132. The third kappa shape index (κ3) is 7.40. The van der Waals surface area contributed by atoms with Gasteiger partial charge in [0.25, 0.3) is 0 Å². The number of likely N-dealkylation sites (N-methyl/N-ethyl adjacent to an activating group) is 1. The van der Waals surface area contributed by atoms with Crippen molar-refractivity contribution in [1.82, 2.24) is 35.1 Å². The Morgan fingerprint density at radius 1 is 0.977 bits per heavy atom. The van der Waals surface area contributed by atoms with Crippen LogP contribution in [0.3, 0.4) is 0 Å². The molecule has 0 bridgehead atoms. The topological polar surface area (TPSA) is 133 Å². The van der Waals surface area contributed by atoms with E-state index in [-0.39, 0.29) is 18.1 Å². The Morgan fingerprint density at radius 3 is 2.58 bits per heavy atom. The van der Waals surface area contributed by atoms with Crippen LogP contribution in [0.15, 0.2) is 67.0 Å². The van der Waals surface area contributed by atoms with Gasteiger partial charge in [-0.25, -0.2) is 19.9 Å². The molecule has 222 valence electrons. The molecule has 1 aromatic carbocycles. The number of ether oxygens (including phenoxy) is 1. The second kappa shape index (κ2) is 13.1. The fourth-order valence-electron chi connectivity index (χ4n) is 5.40. The summed E-state index contributed by atoms with van der Waals surface area (Å²) in [7, 11) is 2.05. The molecular weight excluding hydrogens is 544 g/mol. The maximum Gasteiger partial charge on any atom is 0.308 e. The summed E-state index contributed by atoms with van der Waals surface area (Å²) in [5.74, 6) is 2.05. The van der Waals surface area contributed by atoms with E-state index in [4.69, 9.17) is 4.74 Å². The Labute approximate surface area is 251 Å². The lowest BCUT2D eigenvalue weighted by molar-refractivity contribution is -0.148. The quantitative estimate of drug-likeness (QED) is 0.250. The van der Waals surface area contributed by atoms with Crippen LogP contribution in [0.2, 0.25) is 0 Å². The van der Waals surface area contributed by atoms with Crippen molar-refractivity contribution in [2.24, 2.45) is 0 Å². The van der Waals surface area contributed by atoms with Gasteiger partial charge in [0.1, 0.15) is 23.4 Å². The van der Waals surface area contributed by atoms with Crippen LogP contribution in [-0.4, -0.2) is 87.7 Å². The van der Waals surface area contributed by atoms with Crippen LogP contribution in [0.25, 0.3) is 11.5 Å². The summed E-state index contributed by atoms with van der Waals surface area (Å²) < 4.78 is 5.76. The van der Waals surface area contributed by atoms with Crippen molar-refractivity contribution in [1.29, 1.82) is 0 Å². The van der Waals surface area contributed by atoms with Gasteiger partial charge >= 0.3 is 5.97 Å².